The van der Waals surface area contributed by atoms with E-state index in [0.29, 0.717) is 30.8 Å². The lowest BCUT2D eigenvalue weighted by Crippen LogP contribution is -2.42. The number of halogens is 1. The molecule has 0 radical (unpaired) electrons. The topological polar surface area (TPSA) is 72.5 Å². The van der Waals surface area contributed by atoms with Gasteiger partial charge in [-0.05, 0) is 63.1 Å². The molecule has 158 valence electrons. The summed E-state index contributed by atoms with van der Waals surface area (Å²) in [7, 11) is 0. The number of carbonyl (C=O) groups is 1. The molecule has 1 aliphatic rings. The number of nitrogens with zero attached hydrogens (tertiary/aromatic N) is 1. The molecule has 2 heterocycles. The number of piperidine rings is 1. The van der Waals surface area contributed by atoms with Crippen LogP contribution in [-0.2, 0) is 11.3 Å². The van der Waals surface area contributed by atoms with Crippen LogP contribution in [0, 0.1) is 5.92 Å². The van der Waals surface area contributed by atoms with E-state index in [1.54, 1.807) is 6.20 Å². The van der Waals surface area contributed by atoms with Gasteiger partial charge in [-0.25, -0.2) is 4.98 Å². The fraction of sp³-hybridized carbons (Fsp3) is 0.455. The van der Waals surface area contributed by atoms with Crippen molar-refractivity contribution in [1.29, 1.82) is 0 Å². The maximum atomic E-state index is 12.5. The van der Waals surface area contributed by atoms with Gasteiger partial charge in [-0.3, -0.25) is 4.79 Å². The van der Waals surface area contributed by atoms with Gasteiger partial charge in [0, 0.05) is 30.3 Å². The molecule has 1 fully saturated rings. The number of pyridine rings is 1. The highest BCUT2D eigenvalue weighted by Crippen LogP contribution is 2.25. The summed E-state index contributed by atoms with van der Waals surface area (Å²) in [6.45, 7) is 6.17. The van der Waals surface area contributed by atoms with Crippen LogP contribution in [0.2, 0.25) is 0 Å². The second-order valence-corrected chi connectivity index (χ2v) is 7.18. The van der Waals surface area contributed by atoms with Crippen LogP contribution >= 0.6 is 12.4 Å². The normalized spacial score (nSPS) is 18.4. The summed E-state index contributed by atoms with van der Waals surface area (Å²) >= 11 is 0. The van der Waals surface area contributed by atoms with E-state index in [-0.39, 0.29) is 24.2 Å². The minimum atomic E-state index is 0. The standard InChI is InChI=1S/C22H29N3O3.ClH/c1-3-13-27-19-6-8-20(9-7-19)28-22-18(5-4-11-24-22)15-25-21(26)17-10-12-23-16(2)14-17;/h4-9,11,16-17,23H,3,10,12-15H2,1-2H3,(H,25,26);1H/t16-,17-;/m0./s1. The number of ether oxygens (including phenoxy) is 2. The summed E-state index contributed by atoms with van der Waals surface area (Å²) in [6.07, 6.45) is 4.40. The van der Waals surface area contributed by atoms with Crippen LogP contribution in [0.4, 0.5) is 0 Å². The maximum absolute atomic E-state index is 12.5. The summed E-state index contributed by atoms with van der Waals surface area (Å²) < 4.78 is 11.5. The van der Waals surface area contributed by atoms with Crippen LogP contribution in [0.25, 0.3) is 0 Å². The third-order valence-corrected chi connectivity index (χ3v) is 4.81. The third kappa shape index (κ3) is 6.91. The van der Waals surface area contributed by atoms with Gasteiger partial charge in [0.1, 0.15) is 11.5 Å². The average Bonchev–Trinajstić information content (AvgIpc) is 2.72. The molecule has 1 amide bonds. The first-order chi connectivity index (χ1) is 13.7. The van der Waals surface area contributed by atoms with Gasteiger partial charge >= 0.3 is 0 Å². The van der Waals surface area contributed by atoms with Crippen LogP contribution in [-0.4, -0.2) is 30.1 Å². The highest BCUT2D eigenvalue weighted by Gasteiger charge is 2.24. The minimum absolute atomic E-state index is 0. The summed E-state index contributed by atoms with van der Waals surface area (Å²) in [6, 6.07) is 11.6. The molecule has 1 aromatic heterocycles. The molecule has 1 aliphatic heterocycles. The monoisotopic (exact) mass is 419 g/mol. The first-order valence-corrected chi connectivity index (χ1v) is 10.0. The smallest absolute Gasteiger partial charge is 0.224 e. The molecule has 1 saturated heterocycles. The van der Waals surface area contributed by atoms with Crippen LogP contribution in [0.1, 0.15) is 38.7 Å². The summed E-state index contributed by atoms with van der Waals surface area (Å²) in [5.74, 6) is 2.17. The zero-order chi connectivity index (χ0) is 19.8. The van der Waals surface area contributed by atoms with Gasteiger partial charge in [-0.2, -0.15) is 0 Å². The SMILES string of the molecule is CCCOc1ccc(Oc2ncccc2CNC(=O)[C@H]2CCN[C@@H](C)C2)cc1.Cl. The Kier molecular flexibility index (Phi) is 9.22. The zero-order valence-corrected chi connectivity index (χ0v) is 17.8. The average molecular weight is 420 g/mol. The van der Waals surface area contributed by atoms with Gasteiger partial charge in [0.05, 0.1) is 6.61 Å². The molecule has 29 heavy (non-hydrogen) atoms. The largest absolute Gasteiger partial charge is 0.494 e. The molecule has 2 aromatic rings. The molecular weight excluding hydrogens is 390 g/mol. The van der Waals surface area contributed by atoms with Crippen LogP contribution < -0.4 is 20.1 Å². The third-order valence-electron chi connectivity index (χ3n) is 4.81. The Morgan fingerprint density at radius 1 is 1.24 bits per heavy atom. The molecule has 2 N–H and O–H groups in total. The van der Waals surface area contributed by atoms with Crippen molar-refractivity contribution in [1.82, 2.24) is 15.6 Å². The molecule has 0 saturated carbocycles. The number of carbonyl (C=O) groups excluding carboxylic acids is 1. The van der Waals surface area contributed by atoms with Crippen molar-refractivity contribution in [3.63, 3.8) is 0 Å². The van der Waals surface area contributed by atoms with Crippen molar-refractivity contribution in [2.45, 2.75) is 45.7 Å². The van der Waals surface area contributed by atoms with Crippen molar-refractivity contribution in [2.75, 3.05) is 13.2 Å². The Morgan fingerprint density at radius 2 is 2.00 bits per heavy atom. The molecule has 7 heteroatoms. The second-order valence-electron chi connectivity index (χ2n) is 7.18. The fourth-order valence-electron chi connectivity index (χ4n) is 3.28. The van der Waals surface area contributed by atoms with E-state index >= 15 is 0 Å². The lowest BCUT2D eigenvalue weighted by Gasteiger charge is -2.27. The van der Waals surface area contributed by atoms with Gasteiger partial charge in [-0.15, -0.1) is 12.4 Å². The van der Waals surface area contributed by atoms with Crippen molar-refractivity contribution in [3.8, 4) is 17.4 Å². The highest BCUT2D eigenvalue weighted by molar-refractivity contribution is 5.85. The van der Waals surface area contributed by atoms with Gasteiger partial charge < -0.3 is 20.1 Å². The van der Waals surface area contributed by atoms with E-state index in [0.717, 1.165) is 37.1 Å². The lowest BCUT2D eigenvalue weighted by molar-refractivity contribution is -0.126. The first-order valence-electron chi connectivity index (χ1n) is 10.0. The Hall–Kier alpha value is -2.31. The summed E-state index contributed by atoms with van der Waals surface area (Å²) in [4.78, 5) is 16.8. The van der Waals surface area contributed by atoms with Crippen LogP contribution in [0.5, 0.6) is 17.4 Å². The van der Waals surface area contributed by atoms with Gasteiger partial charge in [0.25, 0.3) is 0 Å². The Morgan fingerprint density at radius 3 is 2.72 bits per heavy atom. The predicted molar refractivity (Wildman–Crippen MR) is 116 cm³/mol. The van der Waals surface area contributed by atoms with Crippen molar-refractivity contribution < 1.29 is 14.3 Å². The van der Waals surface area contributed by atoms with Gasteiger partial charge in [0.2, 0.25) is 11.8 Å². The molecular formula is C22H30ClN3O3. The molecule has 0 unspecified atom stereocenters. The van der Waals surface area contributed by atoms with Crippen molar-refractivity contribution in [2.24, 2.45) is 5.92 Å². The minimum Gasteiger partial charge on any atom is -0.494 e. The molecule has 3 rings (SSSR count). The number of amides is 1. The highest BCUT2D eigenvalue weighted by atomic mass is 35.5. The van der Waals surface area contributed by atoms with Crippen molar-refractivity contribution >= 4 is 18.3 Å². The number of benzene rings is 1. The van der Waals surface area contributed by atoms with E-state index < -0.39 is 0 Å². The predicted octanol–water partition coefficient (Wildman–Crippen LogP) is 4.09. The zero-order valence-electron chi connectivity index (χ0n) is 17.0. The number of hydrogen-bond donors (Lipinski definition) is 2. The van der Waals surface area contributed by atoms with E-state index in [1.807, 2.05) is 36.4 Å². The van der Waals surface area contributed by atoms with E-state index in [2.05, 4.69) is 29.5 Å². The lowest BCUT2D eigenvalue weighted by atomic mass is 9.92. The number of hydrogen-bond acceptors (Lipinski definition) is 5. The number of rotatable bonds is 8. The maximum Gasteiger partial charge on any atom is 0.224 e. The number of nitrogens with one attached hydrogen (secondary N) is 2. The van der Waals surface area contributed by atoms with Gasteiger partial charge in [-0.1, -0.05) is 13.0 Å². The summed E-state index contributed by atoms with van der Waals surface area (Å²) in [5, 5.41) is 6.41. The molecule has 0 bridgehead atoms. The van der Waals surface area contributed by atoms with E-state index in [4.69, 9.17) is 9.47 Å². The van der Waals surface area contributed by atoms with E-state index in [1.165, 1.54) is 0 Å². The Balaban J connectivity index is 0.00000300. The fourth-order valence-corrected chi connectivity index (χ4v) is 3.28. The number of aromatic nitrogens is 1. The Bertz CT molecular complexity index is 770. The molecule has 2 atom stereocenters. The molecule has 6 nitrogen and oxygen atoms in total. The van der Waals surface area contributed by atoms with Gasteiger partial charge in [0.15, 0.2) is 0 Å². The van der Waals surface area contributed by atoms with Crippen molar-refractivity contribution in [3.05, 3.63) is 48.2 Å². The first kappa shape index (κ1) is 23.0. The second kappa shape index (κ2) is 11.6. The van der Waals surface area contributed by atoms with Crippen LogP contribution in [0.3, 0.4) is 0 Å². The molecule has 0 spiro atoms. The Labute approximate surface area is 178 Å². The summed E-state index contributed by atoms with van der Waals surface area (Å²) in [5.41, 5.74) is 0.851. The van der Waals surface area contributed by atoms with Crippen LogP contribution in [0.15, 0.2) is 42.6 Å². The van der Waals surface area contributed by atoms with E-state index in [9.17, 15) is 4.79 Å². The molecule has 0 aliphatic carbocycles. The quantitative estimate of drug-likeness (QED) is 0.674. The molecule has 1 aromatic carbocycles.